The van der Waals surface area contributed by atoms with Crippen LogP contribution < -0.4 is 4.74 Å². The summed E-state index contributed by atoms with van der Waals surface area (Å²) in [6, 6.07) is 25.2. The number of aromatic nitrogens is 1. The van der Waals surface area contributed by atoms with Gasteiger partial charge in [-0.15, -0.1) is 0 Å². The summed E-state index contributed by atoms with van der Waals surface area (Å²) in [5.74, 6) is 1.17. The number of carbonyl (C=O) groups excluding carboxylic acids is 1. The standard InChI is InChI=1S/C27H28N2O2/c30-27(18-26(20-8-3-1-4-9-20)21-10-5-2-6-11-21)29-22-13-14-23(29)17-25(16-22)31-24-12-7-15-28-19-24/h1-12,15,19,22-23,25-26H,13-14,16-18H2. The van der Waals surface area contributed by atoms with Gasteiger partial charge in [0.25, 0.3) is 0 Å². The van der Waals surface area contributed by atoms with E-state index in [1.807, 2.05) is 24.3 Å². The highest BCUT2D eigenvalue weighted by atomic mass is 16.5. The average Bonchev–Trinajstić information content (AvgIpc) is 3.10. The summed E-state index contributed by atoms with van der Waals surface area (Å²) in [5.41, 5.74) is 2.40. The topological polar surface area (TPSA) is 42.4 Å². The van der Waals surface area contributed by atoms with Crippen molar-refractivity contribution in [2.24, 2.45) is 0 Å². The van der Waals surface area contributed by atoms with E-state index >= 15 is 0 Å². The van der Waals surface area contributed by atoms with Crippen LogP contribution in [0.5, 0.6) is 5.75 Å². The molecule has 1 amide bonds. The quantitative estimate of drug-likeness (QED) is 0.558. The van der Waals surface area contributed by atoms with Crippen molar-refractivity contribution >= 4 is 5.91 Å². The van der Waals surface area contributed by atoms with Crippen LogP contribution in [0, 0.1) is 0 Å². The van der Waals surface area contributed by atoms with E-state index in [0.717, 1.165) is 31.4 Å². The first-order valence-corrected chi connectivity index (χ1v) is 11.3. The van der Waals surface area contributed by atoms with Crippen molar-refractivity contribution in [1.82, 2.24) is 9.88 Å². The number of piperidine rings is 1. The van der Waals surface area contributed by atoms with Crippen molar-refractivity contribution in [3.8, 4) is 5.75 Å². The number of nitrogens with zero attached hydrogens (tertiary/aromatic N) is 2. The lowest BCUT2D eigenvalue weighted by Crippen LogP contribution is -2.49. The first-order chi connectivity index (χ1) is 15.3. The van der Waals surface area contributed by atoms with Gasteiger partial charge in [0.05, 0.1) is 6.20 Å². The van der Waals surface area contributed by atoms with Crippen molar-refractivity contribution in [2.75, 3.05) is 0 Å². The largest absolute Gasteiger partial charge is 0.489 e. The number of hydrogen-bond donors (Lipinski definition) is 0. The van der Waals surface area contributed by atoms with E-state index in [1.165, 1.54) is 11.1 Å². The Morgan fingerprint density at radius 2 is 1.52 bits per heavy atom. The van der Waals surface area contributed by atoms with Crippen LogP contribution in [0.4, 0.5) is 0 Å². The molecule has 2 saturated heterocycles. The second-order valence-corrected chi connectivity index (χ2v) is 8.66. The summed E-state index contributed by atoms with van der Waals surface area (Å²) < 4.78 is 6.18. The second kappa shape index (κ2) is 8.93. The number of ether oxygens (including phenoxy) is 1. The van der Waals surface area contributed by atoms with E-state index in [4.69, 9.17) is 4.74 Å². The molecule has 2 aromatic carbocycles. The Hall–Kier alpha value is -3.14. The van der Waals surface area contributed by atoms with Crippen molar-refractivity contribution < 1.29 is 9.53 Å². The van der Waals surface area contributed by atoms with Crippen LogP contribution in [-0.2, 0) is 4.79 Å². The van der Waals surface area contributed by atoms with Gasteiger partial charge in [0, 0.05) is 43.5 Å². The predicted octanol–water partition coefficient (Wildman–Crippen LogP) is 5.20. The molecule has 0 saturated carbocycles. The van der Waals surface area contributed by atoms with Gasteiger partial charge in [0.1, 0.15) is 11.9 Å². The molecular formula is C27H28N2O2. The fraction of sp³-hybridized carbons (Fsp3) is 0.333. The first kappa shape index (κ1) is 19.8. The monoisotopic (exact) mass is 412 g/mol. The van der Waals surface area contributed by atoms with Gasteiger partial charge in [-0.05, 0) is 36.1 Å². The van der Waals surface area contributed by atoms with Gasteiger partial charge in [-0.3, -0.25) is 9.78 Å². The minimum Gasteiger partial charge on any atom is -0.489 e. The molecule has 4 nitrogen and oxygen atoms in total. The molecule has 2 aliphatic rings. The molecule has 158 valence electrons. The zero-order valence-corrected chi connectivity index (χ0v) is 17.6. The molecule has 5 rings (SSSR count). The van der Waals surface area contributed by atoms with Crippen molar-refractivity contribution in [2.45, 2.75) is 56.2 Å². The van der Waals surface area contributed by atoms with Crippen LogP contribution in [0.1, 0.15) is 49.1 Å². The Labute approximate surface area is 183 Å². The van der Waals surface area contributed by atoms with Crippen molar-refractivity contribution in [3.05, 3.63) is 96.3 Å². The molecule has 4 heteroatoms. The Morgan fingerprint density at radius 3 is 2.06 bits per heavy atom. The highest BCUT2D eigenvalue weighted by molar-refractivity contribution is 5.79. The SMILES string of the molecule is O=C(CC(c1ccccc1)c1ccccc1)N1C2CCC1CC(Oc1cccnc1)C2. The van der Waals surface area contributed by atoms with Crippen molar-refractivity contribution in [3.63, 3.8) is 0 Å². The van der Waals surface area contributed by atoms with Gasteiger partial charge in [0.15, 0.2) is 0 Å². The lowest BCUT2D eigenvalue weighted by Gasteiger charge is -2.39. The summed E-state index contributed by atoms with van der Waals surface area (Å²) in [6.45, 7) is 0. The van der Waals surface area contributed by atoms with E-state index < -0.39 is 0 Å². The normalized spacial score (nSPS) is 22.5. The highest BCUT2D eigenvalue weighted by Gasteiger charge is 2.44. The minimum atomic E-state index is 0.0821. The molecule has 0 radical (unpaired) electrons. The summed E-state index contributed by atoms with van der Waals surface area (Å²) in [7, 11) is 0. The summed E-state index contributed by atoms with van der Waals surface area (Å²) in [5, 5.41) is 0. The van der Waals surface area contributed by atoms with Gasteiger partial charge in [0.2, 0.25) is 5.91 Å². The predicted molar refractivity (Wildman–Crippen MR) is 121 cm³/mol. The van der Waals surface area contributed by atoms with E-state index in [-0.39, 0.29) is 30.0 Å². The smallest absolute Gasteiger partial charge is 0.224 e. The molecule has 2 atom stereocenters. The van der Waals surface area contributed by atoms with Crippen molar-refractivity contribution in [1.29, 1.82) is 0 Å². The van der Waals surface area contributed by atoms with Gasteiger partial charge >= 0.3 is 0 Å². The van der Waals surface area contributed by atoms with E-state index in [1.54, 1.807) is 12.4 Å². The van der Waals surface area contributed by atoms with Gasteiger partial charge in [-0.1, -0.05) is 60.7 Å². The molecular weight excluding hydrogens is 384 g/mol. The summed E-state index contributed by atoms with van der Waals surface area (Å²) in [4.78, 5) is 19.9. The van der Waals surface area contributed by atoms with Crippen LogP contribution in [0.15, 0.2) is 85.2 Å². The van der Waals surface area contributed by atoms with Gasteiger partial charge in [-0.25, -0.2) is 0 Å². The number of pyridine rings is 1. The zero-order chi connectivity index (χ0) is 21.0. The third kappa shape index (κ3) is 4.34. The summed E-state index contributed by atoms with van der Waals surface area (Å²) >= 11 is 0. The summed E-state index contributed by atoms with van der Waals surface area (Å²) in [6.07, 6.45) is 8.14. The van der Waals surface area contributed by atoms with Gasteiger partial charge < -0.3 is 9.64 Å². The number of fused-ring (bicyclic) bond motifs is 2. The molecule has 2 unspecified atom stereocenters. The van der Waals surface area contributed by atoms with E-state index in [0.29, 0.717) is 6.42 Å². The maximum absolute atomic E-state index is 13.6. The molecule has 31 heavy (non-hydrogen) atoms. The average molecular weight is 413 g/mol. The molecule has 2 fully saturated rings. The molecule has 0 aliphatic carbocycles. The molecule has 2 aliphatic heterocycles. The maximum atomic E-state index is 13.6. The maximum Gasteiger partial charge on any atom is 0.224 e. The number of rotatable bonds is 6. The first-order valence-electron chi connectivity index (χ1n) is 11.3. The van der Waals surface area contributed by atoms with Crippen LogP contribution in [0.2, 0.25) is 0 Å². The molecule has 2 bridgehead atoms. The molecule has 3 heterocycles. The van der Waals surface area contributed by atoms with E-state index in [9.17, 15) is 4.79 Å². The third-order valence-electron chi connectivity index (χ3n) is 6.70. The zero-order valence-electron chi connectivity index (χ0n) is 17.6. The second-order valence-electron chi connectivity index (χ2n) is 8.66. The Balaban J connectivity index is 1.31. The highest BCUT2D eigenvalue weighted by Crippen LogP contribution is 2.39. The minimum absolute atomic E-state index is 0.0821. The van der Waals surface area contributed by atoms with E-state index in [2.05, 4.69) is 58.4 Å². The number of carbonyl (C=O) groups is 1. The van der Waals surface area contributed by atoms with Crippen LogP contribution in [0.3, 0.4) is 0 Å². The number of benzene rings is 2. The third-order valence-corrected chi connectivity index (χ3v) is 6.70. The fourth-order valence-corrected chi connectivity index (χ4v) is 5.32. The molecule has 3 aromatic rings. The van der Waals surface area contributed by atoms with Crippen LogP contribution in [0.25, 0.3) is 0 Å². The van der Waals surface area contributed by atoms with Gasteiger partial charge in [-0.2, -0.15) is 0 Å². The van der Waals surface area contributed by atoms with Crippen LogP contribution >= 0.6 is 0 Å². The number of amides is 1. The lowest BCUT2D eigenvalue weighted by atomic mass is 9.87. The Bertz CT molecular complexity index is 940. The molecule has 0 N–H and O–H groups in total. The fourth-order valence-electron chi connectivity index (χ4n) is 5.32. The Morgan fingerprint density at radius 1 is 0.903 bits per heavy atom. The number of hydrogen-bond acceptors (Lipinski definition) is 3. The Kier molecular flexibility index (Phi) is 5.70. The lowest BCUT2D eigenvalue weighted by molar-refractivity contribution is -0.137. The van der Waals surface area contributed by atoms with Crippen LogP contribution in [-0.4, -0.2) is 34.0 Å². The molecule has 0 spiro atoms. The molecule has 1 aromatic heterocycles.